The van der Waals surface area contributed by atoms with E-state index in [-0.39, 0.29) is 6.54 Å². The van der Waals surface area contributed by atoms with Crippen molar-refractivity contribution in [2.45, 2.75) is 6.54 Å². The molecule has 2 aromatic rings. The largest absolute Gasteiger partial charge is 0.496 e. The molecule has 20 heavy (non-hydrogen) atoms. The molecule has 0 saturated carbocycles. The molecule has 0 atom stereocenters. The topological polar surface area (TPSA) is 64.1 Å². The van der Waals surface area contributed by atoms with Crippen molar-refractivity contribution in [2.24, 2.45) is 0 Å². The zero-order valence-corrected chi connectivity index (χ0v) is 11.8. The van der Waals surface area contributed by atoms with E-state index >= 15 is 0 Å². The van der Waals surface area contributed by atoms with Gasteiger partial charge in [0.15, 0.2) is 5.15 Å². The number of hydrogen-bond acceptors (Lipinski definition) is 3. The molecule has 0 unspecified atom stereocenters. The second-order valence-electron chi connectivity index (χ2n) is 3.87. The van der Waals surface area contributed by atoms with Gasteiger partial charge in [-0.15, -0.1) is 0 Å². The number of ether oxygens (including phenoxy) is 1. The van der Waals surface area contributed by atoms with E-state index in [0.29, 0.717) is 20.9 Å². The van der Waals surface area contributed by atoms with Crippen molar-refractivity contribution < 1.29 is 9.13 Å². The molecule has 8 heteroatoms. The van der Waals surface area contributed by atoms with Crippen molar-refractivity contribution in [1.82, 2.24) is 9.55 Å². The molecule has 0 saturated heterocycles. The summed E-state index contributed by atoms with van der Waals surface area (Å²) in [5.41, 5.74) is -1.56. The Morgan fingerprint density at radius 3 is 2.70 bits per heavy atom. The number of nitrogens with one attached hydrogen (secondary N) is 1. The molecule has 0 aliphatic heterocycles. The standard InChI is InChI=1S/C12H9Cl2FN2O3/c1-20-8-4-2-3-7(13)6(8)5-17-11(18)9(15)10(14)16-12(17)19/h2-4H,5H2,1H3,(H,16,19). The summed E-state index contributed by atoms with van der Waals surface area (Å²) in [4.78, 5) is 25.5. The number of hydrogen-bond donors (Lipinski definition) is 1. The van der Waals surface area contributed by atoms with Crippen LogP contribution >= 0.6 is 23.2 Å². The highest BCUT2D eigenvalue weighted by atomic mass is 35.5. The monoisotopic (exact) mass is 318 g/mol. The van der Waals surface area contributed by atoms with Gasteiger partial charge in [0.1, 0.15) is 5.75 Å². The maximum absolute atomic E-state index is 13.5. The van der Waals surface area contributed by atoms with E-state index in [0.717, 1.165) is 0 Å². The predicted octanol–water partition coefficient (Wildman–Crippen LogP) is 2.04. The number of benzene rings is 1. The van der Waals surface area contributed by atoms with Crippen LogP contribution in [0.3, 0.4) is 0 Å². The first-order chi connectivity index (χ1) is 9.45. The molecule has 0 amide bonds. The lowest BCUT2D eigenvalue weighted by Crippen LogP contribution is -2.37. The lowest BCUT2D eigenvalue weighted by molar-refractivity contribution is 0.407. The molecule has 0 aliphatic carbocycles. The van der Waals surface area contributed by atoms with Crippen LogP contribution in [0, 0.1) is 5.82 Å². The first-order valence-corrected chi connectivity index (χ1v) is 6.20. The number of aromatic nitrogens is 2. The average molecular weight is 319 g/mol. The number of methoxy groups -OCH3 is 1. The van der Waals surface area contributed by atoms with Crippen LogP contribution in [0.25, 0.3) is 0 Å². The molecule has 1 aromatic carbocycles. The van der Waals surface area contributed by atoms with Gasteiger partial charge < -0.3 is 4.74 Å². The maximum Gasteiger partial charge on any atom is 0.329 e. The van der Waals surface area contributed by atoms with Gasteiger partial charge in [0.05, 0.1) is 13.7 Å². The van der Waals surface area contributed by atoms with Crippen molar-refractivity contribution in [3.63, 3.8) is 0 Å². The Kier molecular flexibility index (Phi) is 4.15. The van der Waals surface area contributed by atoms with E-state index in [1.165, 1.54) is 7.11 Å². The highest BCUT2D eigenvalue weighted by molar-refractivity contribution is 6.31. The summed E-state index contributed by atoms with van der Waals surface area (Å²) in [5.74, 6) is -0.837. The fourth-order valence-corrected chi connectivity index (χ4v) is 2.09. The van der Waals surface area contributed by atoms with Gasteiger partial charge in [-0.25, -0.2) is 4.79 Å². The van der Waals surface area contributed by atoms with Crippen molar-refractivity contribution in [1.29, 1.82) is 0 Å². The Labute approximate surface area is 122 Å². The molecule has 0 radical (unpaired) electrons. The average Bonchev–Trinajstić information content (AvgIpc) is 2.42. The molecule has 0 aliphatic rings. The van der Waals surface area contributed by atoms with Crippen LogP contribution in [0.5, 0.6) is 5.75 Å². The second-order valence-corrected chi connectivity index (χ2v) is 4.66. The van der Waals surface area contributed by atoms with E-state index in [1.807, 2.05) is 4.98 Å². The molecular weight excluding hydrogens is 310 g/mol. The first-order valence-electron chi connectivity index (χ1n) is 5.45. The Balaban J connectivity index is 2.60. The van der Waals surface area contributed by atoms with Gasteiger partial charge in [-0.1, -0.05) is 29.3 Å². The van der Waals surface area contributed by atoms with E-state index < -0.39 is 22.2 Å². The summed E-state index contributed by atoms with van der Waals surface area (Å²) in [6.45, 7) is -0.231. The third kappa shape index (κ3) is 2.57. The van der Waals surface area contributed by atoms with Crippen molar-refractivity contribution in [3.8, 4) is 5.75 Å². The van der Waals surface area contributed by atoms with Gasteiger partial charge in [0.2, 0.25) is 5.82 Å². The van der Waals surface area contributed by atoms with Crippen LogP contribution in [0.4, 0.5) is 4.39 Å². The molecule has 0 bridgehead atoms. The predicted molar refractivity (Wildman–Crippen MR) is 73.4 cm³/mol. The van der Waals surface area contributed by atoms with Crippen LogP contribution in [0.2, 0.25) is 10.2 Å². The van der Waals surface area contributed by atoms with Gasteiger partial charge in [0.25, 0.3) is 5.56 Å². The minimum absolute atomic E-state index is 0.231. The Morgan fingerprint density at radius 2 is 2.05 bits per heavy atom. The number of nitrogens with zero attached hydrogens (tertiary/aromatic N) is 1. The van der Waals surface area contributed by atoms with Gasteiger partial charge in [-0.3, -0.25) is 14.3 Å². The molecule has 0 fully saturated rings. The van der Waals surface area contributed by atoms with E-state index in [9.17, 15) is 14.0 Å². The summed E-state index contributed by atoms with van der Waals surface area (Å²) < 4.78 is 19.2. The summed E-state index contributed by atoms with van der Waals surface area (Å²) in [7, 11) is 1.42. The van der Waals surface area contributed by atoms with Crippen LogP contribution in [0.1, 0.15) is 5.56 Å². The zero-order valence-electron chi connectivity index (χ0n) is 10.2. The lowest BCUT2D eigenvalue weighted by atomic mass is 10.2. The van der Waals surface area contributed by atoms with E-state index in [4.69, 9.17) is 27.9 Å². The number of halogens is 3. The zero-order chi connectivity index (χ0) is 14.9. The summed E-state index contributed by atoms with van der Waals surface area (Å²) in [5, 5.41) is -0.326. The third-order valence-corrected chi connectivity index (χ3v) is 3.31. The highest BCUT2D eigenvalue weighted by Crippen LogP contribution is 2.26. The van der Waals surface area contributed by atoms with Crippen molar-refractivity contribution in [2.75, 3.05) is 7.11 Å². The highest BCUT2D eigenvalue weighted by Gasteiger charge is 2.15. The summed E-state index contributed by atoms with van der Waals surface area (Å²) >= 11 is 11.4. The van der Waals surface area contributed by atoms with Crippen LogP contribution in [-0.4, -0.2) is 16.7 Å². The Hall–Kier alpha value is -1.79. The van der Waals surface area contributed by atoms with Gasteiger partial charge in [-0.05, 0) is 12.1 Å². The van der Waals surface area contributed by atoms with Crippen LogP contribution in [-0.2, 0) is 6.54 Å². The Bertz CT molecular complexity index is 770. The molecule has 0 spiro atoms. The third-order valence-electron chi connectivity index (χ3n) is 2.70. The van der Waals surface area contributed by atoms with E-state index in [1.54, 1.807) is 18.2 Å². The van der Waals surface area contributed by atoms with Gasteiger partial charge in [-0.2, -0.15) is 4.39 Å². The van der Waals surface area contributed by atoms with E-state index in [2.05, 4.69) is 0 Å². The number of aromatic amines is 1. The minimum atomic E-state index is -1.22. The fourth-order valence-electron chi connectivity index (χ4n) is 1.71. The second kappa shape index (κ2) is 5.68. The quantitative estimate of drug-likeness (QED) is 0.881. The molecule has 2 rings (SSSR count). The molecule has 106 valence electrons. The van der Waals surface area contributed by atoms with Gasteiger partial charge in [0, 0.05) is 10.6 Å². The lowest BCUT2D eigenvalue weighted by Gasteiger charge is -2.11. The minimum Gasteiger partial charge on any atom is -0.496 e. The molecule has 5 nitrogen and oxygen atoms in total. The molecular formula is C12H9Cl2FN2O3. The van der Waals surface area contributed by atoms with Crippen LogP contribution in [0.15, 0.2) is 27.8 Å². The molecule has 1 N–H and O–H groups in total. The summed E-state index contributed by atoms with van der Waals surface area (Å²) in [6.07, 6.45) is 0. The molecule has 1 heterocycles. The fraction of sp³-hybridized carbons (Fsp3) is 0.167. The van der Waals surface area contributed by atoms with Crippen molar-refractivity contribution in [3.05, 3.63) is 60.6 Å². The molecule has 1 aromatic heterocycles. The number of H-pyrrole nitrogens is 1. The van der Waals surface area contributed by atoms with Crippen LogP contribution < -0.4 is 16.0 Å². The summed E-state index contributed by atoms with van der Waals surface area (Å²) in [6, 6.07) is 4.84. The number of rotatable bonds is 3. The Morgan fingerprint density at radius 1 is 1.35 bits per heavy atom. The maximum atomic E-state index is 13.5. The normalized spacial score (nSPS) is 10.6. The van der Waals surface area contributed by atoms with Gasteiger partial charge >= 0.3 is 5.69 Å². The van der Waals surface area contributed by atoms with Crippen molar-refractivity contribution >= 4 is 23.2 Å². The first kappa shape index (κ1) is 14.6. The SMILES string of the molecule is COc1cccc(Cl)c1Cn1c(=O)[nH]c(Cl)c(F)c1=O. The smallest absolute Gasteiger partial charge is 0.329 e.